The van der Waals surface area contributed by atoms with E-state index in [1.807, 2.05) is 6.20 Å². The Balaban J connectivity index is 0.00000786. The first-order valence-corrected chi connectivity index (χ1v) is 29.9. The number of hydrogen-bond acceptors (Lipinski definition) is 4. The van der Waals surface area contributed by atoms with Crippen molar-refractivity contribution in [3.63, 3.8) is 0 Å². The minimum atomic E-state index is -0.276. The van der Waals surface area contributed by atoms with Crippen LogP contribution in [0.3, 0.4) is 0 Å². The summed E-state index contributed by atoms with van der Waals surface area (Å²) in [5, 5.41) is 2.21. The zero-order valence-corrected chi connectivity index (χ0v) is 54.8. The number of ether oxygens (including phenoxy) is 1. The number of aromatic nitrogens is 2. The number of hydrogen-bond donors (Lipinski definition) is 0. The van der Waals surface area contributed by atoms with Crippen LogP contribution in [0.4, 0.5) is 22.7 Å². The maximum absolute atomic E-state index is 7.17. The monoisotopic (exact) mass is 1290 g/mol. The van der Waals surface area contributed by atoms with Crippen LogP contribution in [0.25, 0.3) is 38.8 Å². The molecular formula is C78H83N4OPt-3. The molecule has 11 rings (SSSR count). The number of pyridine rings is 1. The number of rotatable bonds is 12. The van der Waals surface area contributed by atoms with Crippen molar-refractivity contribution in [2.75, 3.05) is 9.80 Å². The van der Waals surface area contributed by atoms with E-state index in [1.54, 1.807) is 0 Å². The molecule has 0 unspecified atom stereocenters. The summed E-state index contributed by atoms with van der Waals surface area (Å²) in [6.45, 7) is 41.4. The van der Waals surface area contributed by atoms with Crippen molar-refractivity contribution in [2.45, 2.75) is 157 Å². The smallest absolute Gasteiger partial charge is 0.135 e. The summed E-state index contributed by atoms with van der Waals surface area (Å²) in [5.74, 6) is 2.72. The van der Waals surface area contributed by atoms with Gasteiger partial charge in [-0.2, -0.15) is 6.07 Å². The van der Waals surface area contributed by atoms with Crippen LogP contribution < -0.4 is 14.5 Å². The van der Waals surface area contributed by atoms with Gasteiger partial charge >= 0.3 is 0 Å². The molecule has 3 heterocycles. The molecule has 2 aromatic heterocycles. The number of fused-ring (bicyclic) bond motifs is 4. The third kappa shape index (κ3) is 11.3. The van der Waals surface area contributed by atoms with E-state index in [0.717, 1.165) is 55.9 Å². The SMILES string of the molecule is CC(C)c1cccc(C(C)C)c1-c1ccc2c(c1)N(c1[c-]c(Oc3[c-]c4c(cc3)c3cc(C(C)(C)c5ccccc5)ccc3n4-c3cc(C(C)(C)c4ccccc4)ccn3)cc(C(C)(C)C)c1)[CH-]N2c1cc(C(C)(C)C)cc(C(C)(C)C)c1.[Pt]. The minimum absolute atomic E-state index is 0. The van der Waals surface area contributed by atoms with Gasteiger partial charge in [-0.25, -0.2) is 4.98 Å². The Hall–Kier alpha value is -7.20. The molecule has 8 aromatic carbocycles. The largest absolute Gasteiger partial charge is 0.509 e. The maximum atomic E-state index is 7.17. The number of benzene rings is 8. The molecule has 1 aliphatic rings. The van der Waals surface area contributed by atoms with Gasteiger partial charge in [-0.1, -0.05) is 226 Å². The first-order valence-electron chi connectivity index (χ1n) is 29.9. The van der Waals surface area contributed by atoms with Gasteiger partial charge in [0.15, 0.2) is 0 Å². The zero-order chi connectivity index (χ0) is 59.1. The predicted octanol–water partition coefficient (Wildman–Crippen LogP) is 21.4. The van der Waals surface area contributed by atoms with Gasteiger partial charge in [-0.05, 0) is 132 Å². The van der Waals surface area contributed by atoms with E-state index in [4.69, 9.17) is 9.72 Å². The summed E-state index contributed by atoms with van der Waals surface area (Å²) >= 11 is 0. The standard InChI is InChI=1S/C78H83N4O.Pt/c1-50(2)64-29-24-30-65(51(3)4)73(64)52-31-35-69-71(39-52)81(49-80(69)60-41-57(74(5,6)7)40-58(42-60)75(8,9)10)61-43-59(76(11,12)13)44-63(47-61)83-62-33-34-66-67-45-55(77(14,15)53-25-20-18-21-26-53)32-36-68(67)82(70(66)48-62)72-46-56(37-38-79-72)78(16,17)54-27-22-19-23-28-54;/h18-46,49-51H,1-17H3;/q-3;. The van der Waals surface area contributed by atoms with Crippen LogP contribution in [0.2, 0.25) is 0 Å². The number of nitrogens with zero attached hydrogens (tertiary/aromatic N) is 4. The third-order valence-corrected chi connectivity index (χ3v) is 17.5. The van der Waals surface area contributed by atoms with Crippen molar-refractivity contribution < 1.29 is 25.8 Å². The third-order valence-electron chi connectivity index (χ3n) is 17.5. The average Bonchev–Trinajstić information content (AvgIpc) is 2.54. The Morgan fingerprint density at radius 1 is 0.452 bits per heavy atom. The molecule has 0 atom stereocenters. The summed E-state index contributed by atoms with van der Waals surface area (Å²) in [6.07, 6.45) is 1.95. The molecule has 0 radical (unpaired) electrons. The van der Waals surface area contributed by atoms with Crippen LogP contribution in [0, 0.1) is 18.8 Å². The molecule has 1 aliphatic heterocycles. The van der Waals surface area contributed by atoms with Gasteiger partial charge in [0.05, 0.1) is 0 Å². The molecule has 0 saturated carbocycles. The molecule has 0 saturated heterocycles. The molecule has 0 N–H and O–H groups in total. The van der Waals surface area contributed by atoms with E-state index in [2.05, 4.69) is 321 Å². The zero-order valence-electron chi connectivity index (χ0n) is 52.5. The van der Waals surface area contributed by atoms with Crippen molar-refractivity contribution >= 4 is 44.6 Å². The Bertz CT molecular complexity index is 3990. The van der Waals surface area contributed by atoms with E-state index in [0.29, 0.717) is 23.3 Å². The van der Waals surface area contributed by atoms with Gasteiger partial charge in [0, 0.05) is 72.2 Å². The molecule has 84 heavy (non-hydrogen) atoms. The van der Waals surface area contributed by atoms with E-state index in [1.165, 1.54) is 55.6 Å². The van der Waals surface area contributed by atoms with Crippen molar-refractivity contribution in [1.29, 1.82) is 0 Å². The van der Waals surface area contributed by atoms with Crippen LogP contribution in [-0.4, -0.2) is 9.55 Å². The first kappa shape index (κ1) is 59.9. The fraction of sp³-hybridized carbons (Fsp3) is 0.308. The van der Waals surface area contributed by atoms with Crippen molar-refractivity contribution in [2.24, 2.45) is 0 Å². The Kier molecular flexibility index (Phi) is 15.9. The summed E-state index contributed by atoms with van der Waals surface area (Å²) in [6, 6.07) is 70.4. The summed E-state index contributed by atoms with van der Waals surface area (Å²) in [5.41, 5.74) is 19.2. The summed E-state index contributed by atoms with van der Waals surface area (Å²) in [4.78, 5) is 9.85. The molecule has 0 spiro atoms. The first-order chi connectivity index (χ1) is 39.2. The van der Waals surface area contributed by atoms with Gasteiger partial charge in [-0.15, -0.1) is 53.6 Å². The van der Waals surface area contributed by atoms with Crippen molar-refractivity contribution in [3.05, 3.63) is 245 Å². The van der Waals surface area contributed by atoms with Gasteiger partial charge < -0.3 is 19.1 Å². The van der Waals surface area contributed by atoms with Gasteiger partial charge in [0.25, 0.3) is 0 Å². The van der Waals surface area contributed by atoms with Gasteiger partial charge in [0.1, 0.15) is 5.82 Å². The molecule has 10 aromatic rings. The Morgan fingerprint density at radius 2 is 1.02 bits per heavy atom. The van der Waals surface area contributed by atoms with Crippen LogP contribution in [0.5, 0.6) is 11.5 Å². The fourth-order valence-corrected chi connectivity index (χ4v) is 12.1. The van der Waals surface area contributed by atoms with Gasteiger partial charge in [0.2, 0.25) is 0 Å². The average molecular weight is 1290 g/mol. The van der Waals surface area contributed by atoms with Crippen LogP contribution in [0.1, 0.15) is 180 Å². The van der Waals surface area contributed by atoms with E-state index < -0.39 is 0 Å². The fourth-order valence-electron chi connectivity index (χ4n) is 12.1. The molecule has 0 bridgehead atoms. The second-order valence-electron chi connectivity index (χ2n) is 28.0. The molecular weight excluding hydrogens is 1200 g/mol. The quantitative estimate of drug-likeness (QED) is 0.114. The van der Waals surface area contributed by atoms with Crippen LogP contribution >= 0.6 is 0 Å². The van der Waals surface area contributed by atoms with E-state index in [-0.39, 0.29) is 48.1 Å². The molecule has 0 fully saturated rings. The summed E-state index contributed by atoms with van der Waals surface area (Å²) in [7, 11) is 0. The normalized spacial score (nSPS) is 13.3. The summed E-state index contributed by atoms with van der Waals surface area (Å²) < 4.78 is 9.44. The predicted molar refractivity (Wildman–Crippen MR) is 351 cm³/mol. The minimum Gasteiger partial charge on any atom is -0.509 e. The topological polar surface area (TPSA) is 33.5 Å². The van der Waals surface area contributed by atoms with E-state index in [9.17, 15) is 0 Å². The molecule has 6 heteroatoms. The second kappa shape index (κ2) is 22.3. The molecule has 0 aliphatic carbocycles. The van der Waals surface area contributed by atoms with Crippen molar-refractivity contribution in [1.82, 2.24) is 9.55 Å². The van der Waals surface area contributed by atoms with Gasteiger partial charge in [-0.3, -0.25) is 0 Å². The Labute approximate surface area is 516 Å². The van der Waals surface area contributed by atoms with Crippen LogP contribution in [-0.2, 0) is 48.1 Å². The maximum Gasteiger partial charge on any atom is 0.135 e. The second-order valence-corrected chi connectivity index (χ2v) is 28.0. The molecule has 434 valence electrons. The molecule has 5 nitrogen and oxygen atoms in total. The Morgan fingerprint density at radius 3 is 1.60 bits per heavy atom. The van der Waals surface area contributed by atoms with Crippen LogP contribution in [0.15, 0.2) is 176 Å². The number of anilines is 4. The molecule has 0 amide bonds. The van der Waals surface area contributed by atoms with E-state index >= 15 is 0 Å². The van der Waals surface area contributed by atoms with Crippen molar-refractivity contribution in [3.8, 4) is 28.4 Å².